The minimum Gasteiger partial charge on any atom is -0.377 e. The monoisotopic (exact) mass is 363 g/mol. The van der Waals surface area contributed by atoms with Crippen molar-refractivity contribution >= 4 is 31.8 Å². The van der Waals surface area contributed by atoms with Gasteiger partial charge in [0.05, 0.1) is 6.10 Å². The number of halogens is 1. The van der Waals surface area contributed by atoms with Gasteiger partial charge < -0.3 is 10.1 Å². The van der Waals surface area contributed by atoms with Gasteiger partial charge >= 0.3 is 0 Å². The van der Waals surface area contributed by atoms with Crippen LogP contribution in [0.15, 0.2) is 21.6 Å². The molecule has 0 saturated carbocycles. The van der Waals surface area contributed by atoms with Crippen molar-refractivity contribution in [2.75, 3.05) is 19.0 Å². The molecule has 1 aliphatic heterocycles. The normalized spacial score (nSPS) is 20.9. The molecular formula is C12H18BrN3O3S. The molecule has 2 unspecified atom stereocenters. The van der Waals surface area contributed by atoms with Gasteiger partial charge in [0, 0.05) is 30.4 Å². The molecule has 1 saturated heterocycles. The zero-order chi connectivity index (χ0) is 14.8. The summed E-state index contributed by atoms with van der Waals surface area (Å²) in [6.45, 7) is 2.51. The second kappa shape index (κ2) is 6.38. The van der Waals surface area contributed by atoms with Gasteiger partial charge in [-0.15, -0.1) is 0 Å². The number of sulfonamides is 1. The molecule has 0 aliphatic carbocycles. The molecule has 2 rings (SSSR count). The molecule has 112 valence electrons. The van der Waals surface area contributed by atoms with E-state index in [1.54, 1.807) is 13.2 Å². The second-order valence-electron chi connectivity index (χ2n) is 4.71. The molecule has 0 radical (unpaired) electrons. The lowest BCUT2D eigenvalue weighted by Gasteiger charge is -2.20. The lowest BCUT2D eigenvalue weighted by molar-refractivity contribution is 0.0902. The first kappa shape index (κ1) is 15.7. The molecule has 2 atom stereocenters. The molecular weight excluding hydrogens is 346 g/mol. The Morgan fingerprint density at radius 2 is 2.30 bits per heavy atom. The van der Waals surface area contributed by atoms with E-state index in [0.29, 0.717) is 16.9 Å². The average molecular weight is 364 g/mol. The van der Waals surface area contributed by atoms with Gasteiger partial charge in [-0.2, -0.15) is 0 Å². The summed E-state index contributed by atoms with van der Waals surface area (Å²) < 4.78 is 33.7. The summed E-state index contributed by atoms with van der Waals surface area (Å²) in [6, 6.07) is 1.26. The first-order chi connectivity index (χ1) is 9.44. The maximum Gasteiger partial charge on any atom is 0.244 e. The Labute approximate surface area is 127 Å². The fourth-order valence-electron chi connectivity index (χ4n) is 2.19. The molecule has 1 aromatic rings. The van der Waals surface area contributed by atoms with Gasteiger partial charge in [-0.05, 0) is 41.8 Å². The molecule has 2 heterocycles. The number of aromatic nitrogens is 1. The van der Waals surface area contributed by atoms with Crippen molar-refractivity contribution in [2.24, 2.45) is 0 Å². The lowest BCUT2D eigenvalue weighted by Crippen LogP contribution is -2.41. The van der Waals surface area contributed by atoms with Crippen LogP contribution >= 0.6 is 15.9 Å². The van der Waals surface area contributed by atoms with Gasteiger partial charge in [0.25, 0.3) is 0 Å². The standard InChI is InChI=1S/C12H18BrN3O3S/c1-8(10-4-3-5-19-10)16-20(17,18)11-6-9(13)7-15-12(11)14-2/h6-8,10,16H,3-5H2,1-2H3,(H,14,15). The molecule has 2 N–H and O–H groups in total. The smallest absolute Gasteiger partial charge is 0.244 e. The van der Waals surface area contributed by atoms with Crippen molar-refractivity contribution in [2.45, 2.75) is 36.8 Å². The highest BCUT2D eigenvalue weighted by Gasteiger charge is 2.28. The largest absolute Gasteiger partial charge is 0.377 e. The number of anilines is 1. The van der Waals surface area contributed by atoms with Crippen LogP contribution in [0.3, 0.4) is 0 Å². The maximum atomic E-state index is 12.5. The Hall–Kier alpha value is -0.700. The van der Waals surface area contributed by atoms with Crippen molar-refractivity contribution in [3.63, 3.8) is 0 Å². The predicted octanol–water partition coefficient (Wildman–Crippen LogP) is 1.73. The number of nitrogens with zero attached hydrogens (tertiary/aromatic N) is 1. The summed E-state index contributed by atoms with van der Waals surface area (Å²) in [7, 11) is -2.01. The number of ether oxygens (including phenoxy) is 1. The second-order valence-corrected chi connectivity index (χ2v) is 7.31. The quantitative estimate of drug-likeness (QED) is 0.832. The van der Waals surface area contributed by atoms with E-state index in [2.05, 4.69) is 31.0 Å². The van der Waals surface area contributed by atoms with E-state index in [4.69, 9.17) is 4.74 Å². The van der Waals surface area contributed by atoms with Crippen LogP contribution in [0.4, 0.5) is 5.82 Å². The summed E-state index contributed by atoms with van der Waals surface area (Å²) in [5.41, 5.74) is 0. The van der Waals surface area contributed by atoms with E-state index >= 15 is 0 Å². The number of hydrogen-bond donors (Lipinski definition) is 2. The van der Waals surface area contributed by atoms with E-state index < -0.39 is 10.0 Å². The van der Waals surface area contributed by atoms with Crippen LogP contribution in [0.1, 0.15) is 19.8 Å². The molecule has 0 amide bonds. The summed E-state index contributed by atoms with van der Waals surface area (Å²) in [6.07, 6.45) is 3.33. The van der Waals surface area contributed by atoms with Gasteiger partial charge in [0.2, 0.25) is 10.0 Å². The highest BCUT2D eigenvalue weighted by Crippen LogP contribution is 2.24. The molecule has 1 aliphatic rings. The van der Waals surface area contributed by atoms with Gasteiger partial charge in [-0.3, -0.25) is 0 Å². The Morgan fingerprint density at radius 1 is 1.55 bits per heavy atom. The highest BCUT2D eigenvalue weighted by atomic mass is 79.9. The third-order valence-electron chi connectivity index (χ3n) is 3.21. The van der Waals surface area contributed by atoms with Crippen LogP contribution in [0, 0.1) is 0 Å². The number of rotatable bonds is 5. The first-order valence-corrected chi connectivity index (χ1v) is 8.69. The van der Waals surface area contributed by atoms with Crippen molar-refractivity contribution in [3.05, 3.63) is 16.7 Å². The Kier molecular flexibility index (Phi) is 5.00. The lowest BCUT2D eigenvalue weighted by atomic mass is 10.1. The predicted molar refractivity (Wildman–Crippen MR) is 80.2 cm³/mol. The van der Waals surface area contributed by atoms with Crippen LogP contribution in [0.2, 0.25) is 0 Å². The Balaban J connectivity index is 2.23. The molecule has 1 fully saturated rings. The zero-order valence-electron chi connectivity index (χ0n) is 11.4. The minimum absolute atomic E-state index is 0.0667. The fourth-order valence-corrected chi connectivity index (χ4v) is 4.14. The highest BCUT2D eigenvalue weighted by molar-refractivity contribution is 9.10. The van der Waals surface area contributed by atoms with Crippen LogP contribution in [-0.4, -0.2) is 39.2 Å². The minimum atomic E-state index is -3.65. The third-order valence-corrected chi connectivity index (χ3v) is 5.22. The van der Waals surface area contributed by atoms with E-state index in [0.717, 1.165) is 12.8 Å². The van der Waals surface area contributed by atoms with Gasteiger partial charge in [0.1, 0.15) is 10.7 Å². The molecule has 0 bridgehead atoms. The van der Waals surface area contributed by atoms with E-state index in [9.17, 15) is 8.42 Å². The van der Waals surface area contributed by atoms with Gasteiger partial charge in [0.15, 0.2) is 0 Å². The molecule has 8 heteroatoms. The van der Waals surface area contributed by atoms with Crippen molar-refractivity contribution < 1.29 is 13.2 Å². The van der Waals surface area contributed by atoms with E-state index in [-0.39, 0.29) is 17.0 Å². The molecule has 6 nitrogen and oxygen atoms in total. The van der Waals surface area contributed by atoms with Crippen LogP contribution in [0.25, 0.3) is 0 Å². The fraction of sp³-hybridized carbons (Fsp3) is 0.583. The summed E-state index contributed by atoms with van der Waals surface area (Å²) >= 11 is 3.24. The Bertz CT molecular complexity index is 573. The SMILES string of the molecule is CNc1ncc(Br)cc1S(=O)(=O)NC(C)C1CCCO1. The van der Waals surface area contributed by atoms with Crippen LogP contribution in [0.5, 0.6) is 0 Å². The zero-order valence-corrected chi connectivity index (χ0v) is 13.8. The number of hydrogen-bond acceptors (Lipinski definition) is 5. The van der Waals surface area contributed by atoms with E-state index in [1.165, 1.54) is 6.07 Å². The molecule has 1 aromatic heterocycles. The molecule has 0 spiro atoms. The number of nitrogens with one attached hydrogen (secondary N) is 2. The van der Waals surface area contributed by atoms with Gasteiger partial charge in [-0.1, -0.05) is 0 Å². The maximum absolute atomic E-state index is 12.5. The molecule has 0 aromatic carbocycles. The summed E-state index contributed by atoms with van der Waals surface area (Å²) in [4.78, 5) is 4.18. The summed E-state index contributed by atoms with van der Waals surface area (Å²) in [5, 5.41) is 2.79. The molecule has 20 heavy (non-hydrogen) atoms. The third kappa shape index (κ3) is 3.49. The topological polar surface area (TPSA) is 80.3 Å². The Morgan fingerprint density at radius 3 is 2.90 bits per heavy atom. The first-order valence-electron chi connectivity index (χ1n) is 6.41. The van der Waals surface area contributed by atoms with Crippen LogP contribution < -0.4 is 10.0 Å². The van der Waals surface area contributed by atoms with Crippen molar-refractivity contribution in [1.82, 2.24) is 9.71 Å². The summed E-state index contributed by atoms with van der Waals surface area (Å²) in [5.74, 6) is 0.320. The van der Waals surface area contributed by atoms with Gasteiger partial charge in [-0.25, -0.2) is 18.1 Å². The van der Waals surface area contributed by atoms with Crippen molar-refractivity contribution in [1.29, 1.82) is 0 Å². The average Bonchev–Trinajstić information content (AvgIpc) is 2.92. The van der Waals surface area contributed by atoms with Crippen LogP contribution in [-0.2, 0) is 14.8 Å². The number of pyridine rings is 1. The van der Waals surface area contributed by atoms with E-state index in [1.807, 2.05) is 6.92 Å². The van der Waals surface area contributed by atoms with Crippen molar-refractivity contribution in [3.8, 4) is 0 Å².